The largest absolute Gasteiger partial charge is 0.476 e. The maximum Gasteiger partial charge on any atom is 0.434 e. The highest BCUT2D eigenvalue weighted by atomic mass is 79.9. The molecule has 548 valence electrons. The first kappa shape index (κ1) is 81.9. The van der Waals surface area contributed by atoms with Gasteiger partial charge < -0.3 is 68.2 Å². The Bertz CT molecular complexity index is 3060. The number of anilines is 2. The lowest BCUT2D eigenvalue weighted by molar-refractivity contribution is -0.166. The van der Waals surface area contributed by atoms with Crippen molar-refractivity contribution in [2.45, 2.75) is 161 Å². The molecule has 6 N–H and O–H groups in total. The number of aromatic carboxylic acids is 1. The first-order valence-corrected chi connectivity index (χ1v) is 34.1. The molecule has 4 aromatic rings. The zero-order valence-electron chi connectivity index (χ0n) is 58.5. The third-order valence-corrected chi connectivity index (χ3v) is 15.6. The van der Waals surface area contributed by atoms with Crippen LogP contribution in [-0.2, 0) is 78.2 Å². The molecule has 5 atom stereocenters. The number of nitrogens with zero attached hydrogens (tertiary/aromatic N) is 7. The molecule has 11 rings (SSSR count). The predicted octanol–water partition coefficient (Wildman–Crippen LogP) is 10.1. The monoisotopic (exact) mass is 1470 g/mol. The molecule has 5 fully saturated rings. The van der Waals surface area contributed by atoms with Crippen LogP contribution in [0.4, 0.5) is 30.6 Å². The summed E-state index contributed by atoms with van der Waals surface area (Å²) in [6, 6.07) is 14.0. The molecule has 0 radical (unpaired) electrons. The number of benzene rings is 2. The number of nitrogens with one attached hydrogen (secondary N) is 4. The van der Waals surface area contributed by atoms with E-state index in [1.807, 2.05) is 65.8 Å². The molecule has 30 nitrogen and oxygen atoms in total. The van der Waals surface area contributed by atoms with Gasteiger partial charge >= 0.3 is 30.2 Å². The van der Waals surface area contributed by atoms with Gasteiger partial charge in [-0.25, -0.2) is 29.0 Å². The third kappa shape index (κ3) is 30.0. The maximum absolute atomic E-state index is 12.8. The number of hydroxylamine groups is 6. The van der Waals surface area contributed by atoms with E-state index >= 15 is 0 Å². The van der Waals surface area contributed by atoms with Crippen molar-refractivity contribution in [3.8, 4) is 0 Å². The van der Waals surface area contributed by atoms with Crippen molar-refractivity contribution in [3.63, 3.8) is 0 Å². The van der Waals surface area contributed by atoms with Crippen molar-refractivity contribution in [2.75, 3.05) is 124 Å². The maximum atomic E-state index is 12.8. The van der Waals surface area contributed by atoms with Crippen LogP contribution in [0.15, 0.2) is 48.5 Å². The minimum absolute atomic E-state index is 0.0111. The second-order valence-corrected chi connectivity index (χ2v) is 27.0. The molecule has 0 saturated carbocycles. The first-order chi connectivity index (χ1) is 46.5. The van der Waals surface area contributed by atoms with Gasteiger partial charge in [0.1, 0.15) is 23.4 Å². The summed E-state index contributed by atoms with van der Waals surface area (Å²) in [6.07, 6.45) is 5.42. The van der Waals surface area contributed by atoms with Crippen molar-refractivity contribution in [1.82, 2.24) is 45.4 Å². The van der Waals surface area contributed by atoms with Crippen LogP contribution in [0, 0.1) is 6.92 Å². The van der Waals surface area contributed by atoms with Crippen molar-refractivity contribution < 1.29 is 91.4 Å². The summed E-state index contributed by atoms with van der Waals surface area (Å²) in [5.41, 5.74) is 4.54. The lowest BCUT2D eigenvalue weighted by Gasteiger charge is -2.27. The number of fused-ring (bicyclic) bond motifs is 2. The molecule has 9 heterocycles. The Kier molecular flexibility index (Phi) is 34.9. The summed E-state index contributed by atoms with van der Waals surface area (Å²) in [5.74, 6) is -1.44. The second kappa shape index (κ2) is 41.7. The Morgan fingerprint density at radius 3 is 1.44 bits per heavy atom. The highest BCUT2D eigenvalue weighted by Crippen LogP contribution is 2.26. The number of hydrogen-bond donors (Lipinski definition) is 6. The number of hydrogen-bond acceptors (Lipinski definition) is 20. The van der Waals surface area contributed by atoms with Crippen molar-refractivity contribution in [1.29, 1.82) is 0 Å². The van der Waals surface area contributed by atoms with Gasteiger partial charge in [0, 0.05) is 150 Å². The lowest BCUT2D eigenvalue weighted by atomic mass is 10.1. The Morgan fingerprint density at radius 1 is 0.622 bits per heavy atom. The van der Waals surface area contributed by atoms with Crippen molar-refractivity contribution >= 4 is 75.0 Å². The quantitative estimate of drug-likeness (QED) is 0.0436. The number of carbonyl (C=O) groups excluding carboxylic acids is 5. The molecule has 0 spiro atoms. The van der Waals surface area contributed by atoms with Gasteiger partial charge in [0.2, 0.25) is 0 Å². The molecular formula is C66H101BrClN11O19. The van der Waals surface area contributed by atoms with Crippen LogP contribution in [0.1, 0.15) is 137 Å². The van der Waals surface area contributed by atoms with E-state index in [2.05, 4.69) is 47.0 Å². The average Bonchev–Trinajstić information content (AvgIpc) is 1.64. The number of carboxylic acids is 1. The standard InChI is InChI=1S/C19H22ClN5O4.C15H16N4O3.C10H19NO4.C6H13NO3.2C6H12O2.C4H7BrO/c1-24(29-14-6-8-28-11-14)18(26)17-15-10-25(7-5-16(15)22-23-17)19(27)21-13-4-2-3-12(20)9-13;1-9-3-2-4-10(7-9)16-15(22)19-6-5-12-11(8-19)13(14(20)21)18-17-12;1-10(2,3)14-9(12)11(4)15-8-5-6-13-7-8;1-6(2,3)10-5(8)7(4)9;2*1-2-8-6-3-4-7-5-6;5-4-1-2-6-3-4/h2-4,9,14H,5-8,10-11H2,1H3,(H,21,27)(H,22,23);2-4,7H,5-6,8H2,1H3,(H,16,22)(H,17,18)(H,20,21);8H,5-7H2,1-4H3;9H,1-4H3;2*6H,2-5H2,1H3;4H,1-3H2. The molecule has 5 unspecified atom stereocenters. The molecule has 2 aromatic heterocycles. The van der Waals surface area contributed by atoms with Crippen LogP contribution in [0.2, 0.25) is 5.02 Å². The van der Waals surface area contributed by atoms with E-state index in [1.165, 1.54) is 18.5 Å². The van der Waals surface area contributed by atoms with Crippen LogP contribution in [-0.4, -0.2) is 246 Å². The third-order valence-electron chi connectivity index (χ3n) is 14.6. The molecular weight excluding hydrogens is 1370 g/mol. The summed E-state index contributed by atoms with van der Waals surface area (Å²) in [5, 5.41) is 40.2. The summed E-state index contributed by atoms with van der Waals surface area (Å²) >= 11 is 9.39. The van der Waals surface area contributed by atoms with E-state index in [9.17, 15) is 28.8 Å². The summed E-state index contributed by atoms with van der Waals surface area (Å²) in [6.45, 7) is 27.3. The zero-order valence-corrected chi connectivity index (χ0v) is 60.8. The number of carbonyl (C=O) groups is 6. The number of alkyl halides is 1. The van der Waals surface area contributed by atoms with E-state index in [1.54, 1.807) is 68.9 Å². The number of urea groups is 2. The fourth-order valence-electron chi connectivity index (χ4n) is 9.78. The number of rotatable bonds is 12. The van der Waals surface area contributed by atoms with Gasteiger partial charge in [0.25, 0.3) is 5.91 Å². The highest BCUT2D eigenvalue weighted by molar-refractivity contribution is 9.09. The van der Waals surface area contributed by atoms with Gasteiger partial charge in [-0.1, -0.05) is 45.7 Å². The Morgan fingerprint density at radius 2 is 1.05 bits per heavy atom. The second-order valence-electron chi connectivity index (χ2n) is 25.3. The van der Waals surface area contributed by atoms with E-state index in [0.29, 0.717) is 96.3 Å². The number of amides is 7. The number of halogens is 2. The molecule has 2 aromatic carbocycles. The number of aryl methyl sites for hydroxylation is 1. The molecule has 32 heteroatoms. The SMILES string of the molecule is BrC1CCOC1.CCOC1CCOC1.CCOC1CCOC1.CN(O)C(=O)OC(C)(C)C.CN(OC1CCOC1)C(=O)OC(C)(C)C.CN(OC1CCOC1)C(=O)c1n[nH]c2c1CN(C(=O)Nc1cccc(Cl)c1)CC2.Cc1cccc(NC(=O)N2CCc3[nH]nc(C(=O)O)c3C2)c1. The molecule has 7 aliphatic heterocycles. The fraction of sp³-hybridized carbons (Fsp3) is 0.636. The van der Waals surface area contributed by atoms with Gasteiger partial charge in [-0.05, 0) is 117 Å². The van der Waals surface area contributed by atoms with Crippen molar-refractivity contribution in [2.24, 2.45) is 0 Å². The topological polar surface area (TPSA) is 342 Å². The average molecular weight is 1470 g/mol. The lowest BCUT2D eigenvalue weighted by Crippen LogP contribution is -2.40. The Labute approximate surface area is 587 Å². The van der Waals surface area contributed by atoms with E-state index in [4.69, 9.17) is 74.2 Å². The van der Waals surface area contributed by atoms with Crippen LogP contribution in [0.3, 0.4) is 0 Å². The predicted molar refractivity (Wildman–Crippen MR) is 365 cm³/mol. The normalized spacial score (nSPS) is 19.7. The number of aromatic amines is 2. The molecule has 7 amide bonds. The number of carboxylic acid groups (broad SMARTS) is 1. The van der Waals surface area contributed by atoms with E-state index in [0.717, 1.165) is 106 Å². The van der Waals surface area contributed by atoms with Crippen LogP contribution >= 0.6 is 27.5 Å². The molecule has 0 bridgehead atoms. The summed E-state index contributed by atoms with van der Waals surface area (Å²) < 4.78 is 46.0. The van der Waals surface area contributed by atoms with Crippen molar-refractivity contribution in [3.05, 3.63) is 93.0 Å². The zero-order chi connectivity index (χ0) is 72.0. The summed E-state index contributed by atoms with van der Waals surface area (Å²) in [7, 11) is 4.33. The fourth-order valence-corrected chi connectivity index (χ4v) is 10.3. The number of H-pyrrole nitrogens is 2. The highest BCUT2D eigenvalue weighted by Gasteiger charge is 2.33. The van der Waals surface area contributed by atoms with E-state index in [-0.39, 0.29) is 54.7 Å². The van der Waals surface area contributed by atoms with E-state index < -0.39 is 29.4 Å². The van der Waals surface area contributed by atoms with Gasteiger partial charge in [-0.15, -0.1) is 0 Å². The summed E-state index contributed by atoms with van der Waals surface area (Å²) in [4.78, 5) is 85.9. The number of aromatic nitrogens is 4. The van der Waals surface area contributed by atoms with Gasteiger partial charge in [0.15, 0.2) is 11.4 Å². The minimum atomic E-state index is -1.08. The van der Waals surface area contributed by atoms with Crippen LogP contribution in [0.25, 0.3) is 0 Å². The molecule has 0 aliphatic carbocycles. The molecule has 98 heavy (non-hydrogen) atoms. The molecule has 7 aliphatic rings. The van der Waals surface area contributed by atoms with Gasteiger partial charge in [-0.2, -0.15) is 20.3 Å². The first-order valence-electron chi connectivity index (χ1n) is 32.8. The van der Waals surface area contributed by atoms with Crippen LogP contribution < -0.4 is 10.6 Å². The smallest absolute Gasteiger partial charge is 0.434 e. The Hall–Kier alpha value is -6.75. The Balaban J connectivity index is 0.000000222. The van der Waals surface area contributed by atoms with Crippen LogP contribution in [0.5, 0.6) is 0 Å². The van der Waals surface area contributed by atoms with Gasteiger partial charge in [-0.3, -0.25) is 29.9 Å². The molecule has 5 saturated heterocycles. The van der Waals surface area contributed by atoms with Gasteiger partial charge in [0.05, 0.1) is 58.3 Å². The number of ether oxygens (including phenoxy) is 9. The minimum Gasteiger partial charge on any atom is -0.476 e.